The molecular weight excluding hydrogens is 634 g/mol. The molecule has 0 atom stereocenters. The first-order chi connectivity index (χ1) is 19.0. The second-order valence-corrected chi connectivity index (χ2v) is 14.3. The Morgan fingerprint density at radius 3 is 2.27 bits per heavy atom. The molecule has 0 amide bonds. The van der Waals surface area contributed by atoms with Crippen molar-refractivity contribution in [1.29, 1.82) is 0 Å². The number of nitrogens with two attached hydrogens (primary N) is 2. The van der Waals surface area contributed by atoms with Gasteiger partial charge >= 0.3 is 0 Å². The fourth-order valence-corrected chi connectivity index (χ4v) is 7.17. The zero-order valence-electron chi connectivity index (χ0n) is 21.9. The molecule has 4 N–H and O–H groups in total. The monoisotopic (exact) mass is 658 g/mol. The maximum atomic E-state index is 14.3. The third-order valence-electron chi connectivity index (χ3n) is 6.43. The van der Waals surface area contributed by atoms with Gasteiger partial charge < -0.3 is 4.74 Å². The minimum absolute atomic E-state index is 0.0260. The number of hydrogen-bond donors (Lipinski definition) is 2. The molecule has 4 aromatic rings. The third-order valence-corrected chi connectivity index (χ3v) is 10.1. The van der Waals surface area contributed by atoms with Crippen molar-refractivity contribution in [2.45, 2.75) is 40.0 Å². The number of halogens is 3. The number of methoxy groups -OCH3 is 1. The lowest BCUT2D eigenvalue weighted by Crippen LogP contribution is -2.23. The first-order valence-electron chi connectivity index (χ1n) is 11.7. The molecule has 4 rings (SSSR count). The van der Waals surface area contributed by atoms with Crippen LogP contribution in [0.15, 0.2) is 75.7 Å². The molecule has 3 aromatic carbocycles. The smallest absolute Gasteiger partial charge is 0.239 e. The van der Waals surface area contributed by atoms with E-state index in [4.69, 9.17) is 38.2 Å². The van der Waals surface area contributed by atoms with Gasteiger partial charge in [-0.2, -0.15) is 0 Å². The Balaban J connectivity index is 1.81. The number of primary sulfonamides is 2. The van der Waals surface area contributed by atoms with E-state index >= 15 is 0 Å². The molecule has 41 heavy (non-hydrogen) atoms. The van der Waals surface area contributed by atoms with Gasteiger partial charge in [0.25, 0.3) is 0 Å². The fourth-order valence-electron chi connectivity index (χ4n) is 4.15. The van der Waals surface area contributed by atoms with Crippen LogP contribution in [-0.4, -0.2) is 33.5 Å². The molecule has 0 radical (unpaired) electrons. The van der Waals surface area contributed by atoms with Gasteiger partial charge in [-0.3, -0.25) is 4.57 Å². The van der Waals surface area contributed by atoms with Gasteiger partial charge in [0.2, 0.25) is 20.0 Å². The number of benzene rings is 3. The topological polar surface area (TPSA) is 147 Å². The van der Waals surface area contributed by atoms with Crippen LogP contribution >= 0.6 is 35.0 Å². The highest BCUT2D eigenvalue weighted by Gasteiger charge is 2.31. The van der Waals surface area contributed by atoms with E-state index in [2.05, 4.69) is 4.98 Å². The molecule has 0 fully saturated rings. The Hall–Kier alpha value is -2.65. The van der Waals surface area contributed by atoms with Gasteiger partial charge in [-0.05, 0) is 47.5 Å². The van der Waals surface area contributed by atoms with Crippen LogP contribution in [0.2, 0.25) is 10.0 Å². The van der Waals surface area contributed by atoms with Gasteiger partial charge in [0, 0.05) is 22.3 Å². The van der Waals surface area contributed by atoms with E-state index in [9.17, 15) is 21.2 Å². The highest BCUT2D eigenvalue weighted by molar-refractivity contribution is 7.98. The molecule has 218 valence electrons. The number of aromatic nitrogens is 2. The Labute approximate surface area is 251 Å². The molecule has 0 aliphatic heterocycles. The van der Waals surface area contributed by atoms with Gasteiger partial charge in [-0.1, -0.05) is 60.9 Å². The summed E-state index contributed by atoms with van der Waals surface area (Å²) >= 11 is 14.0. The number of sulfonamides is 2. The summed E-state index contributed by atoms with van der Waals surface area (Å²) in [5, 5.41) is 11.2. The maximum Gasteiger partial charge on any atom is 0.239 e. The number of nitrogens with zero attached hydrogens (tertiary/aromatic N) is 2. The van der Waals surface area contributed by atoms with Crippen molar-refractivity contribution in [1.82, 2.24) is 9.55 Å². The van der Waals surface area contributed by atoms with Gasteiger partial charge in [0.15, 0.2) is 16.7 Å². The maximum absolute atomic E-state index is 14.3. The van der Waals surface area contributed by atoms with Crippen LogP contribution in [0.4, 0.5) is 4.39 Å². The van der Waals surface area contributed by atoms with E-state index in [0.29, 0.717) is 33.4 Å². The second-order valence-electron chi connectivity index (χ2n) is 9.48. The fraction of sp³-hybridized carbons (Fsp3) is 0.192. The number of hydrogen-bond acceptors (Lipinski definition) is 7. The van der Waals surface area contributed by atoms with Crippen LogP contribution in [-0.2, 0) is 31.2 Å². The number of imidazole rings is 1. The summed E-state index contributed by atoms with van der Waals surface area (Å²) in [5.74, 6) is -0.204. The molecule has 0 unspecified atom stereocenters. The minimum atomic E-state index is -4.02. The lowest BCUT2D eigenvalue weighted by molar-refractivity contribution is 0.386. The highest BCUT2D eigenvalue weighted by Crippen LogP contribution is 2.39. The van der Waals surface area contributed by atoms with Crippen LogP contribution in [0.1, 0.15) is 30.7 Å². The second kappa shape index (κ2) is 11.6. The number of rotatable bonds is 9. The first-order valence-corrected chi connectivity index (χ1v) is 16.6. The molecule has 9 nitrogen and oxygen atoms in total. The third kappa shape index (κ3) is 6.56. The molecule has 0 saturated heterocycles. The summed E-state index contributed by atoms with van der Waals surface area (Å²) in [4.78, 5) is 4.33. The van der Waals surface area contributed by atoms with E-state index in [1.165, 1.54) is 55.3 Å². The Morgan fingerprint density at radius 1 is 0.976 bits per heavy atom. The molecule has 0 spiro atoms. The average molecular weight is 660 g/mol. The lowest BCUT2D eigenvalue weighted by Gasteiger charge is -2.28. The Bertz CT molecular complexity index is 1860. The van der Waals surface area contributed by atoms with E-state index in [0.717, 1.165) is 0 Å². The molecule has 0 aliphatic carbocycles. The zero-order chi connectivity index (χ0) is 30.3. The number of thioether (sulfide) groups is 1. The molecule has 1 heterocycles. The van der Waals surface area contributed by atoms with Crippen molar-refractivity contribution in [3.63, 3.8) is 0 Å². The van der Waals surface area contributed by atoms with Gasteiger partial charge in [-0.15, -0.1) is 0 Å². The van der Waals surface area contributed by atoms with Crippen LogP contribution in [0.25, 0.3) is 5.69 Å². The van der Waals surface area contributed by atoms with Crippen molar-refractivity contribution in [3.05, 3.63) is 93.5 Å². The predicted octanol–water partition coefficient (Wildman–Crippen LogP) is 5.24. The molecule has 15 heteroatoms. The molecule has 1 aromatic heterocycles. The van der Waals surface area contributed by atoms with Crippen molar-refractivity contribution in [2.75, 3.05) is 7.11 Å². The summed E-state index contributed by atoms with van der Waals surface area (Å²) in [6, 6.07) is 13.1. The van der Waals surface area contributed by atoms with E-state index in [1.807, 2.05) is 18.4 Å². The van der Waals surface area contributed by atoms with Gasteiger partial charge in [0.05, 0.1) is 34.6 Å². The van der Waals surface area contributed by atoms with Crippen molar-refractivity contribution >= 4 is 55.0 Å². The van der Waals surface area contributed by atoms with E-state index < -0.39 is 31.3 Å². The quantitative estimate of drug-likeness (QED) is 0.234. The van der Waals surface area contributed by atoms with Crippen molar-refractivity contribution in [2.24, 2.45) is 10.3 Å². The summed E-state index contributed by atoms with van der Waals surface area (Å²) in [6.07, 6.45) is 1.66. The first kappa shape index (κ1) is 31.3. The van der Waals surface area contributed by atoms with Crippen molar-refractivity contribution < 1.29 is 26.0 Å². The minimum Gasteiger partial charge on any atom is -0.494 e. The van der Waals surface area contributed by atoms with Gasteiger partial charge in [0.1, 0.15) is 4.90 Å². The lowest BCUT2D eigenvalue weighted by atomic mass is 9.81. The zero-order valence-corrected chi connectivity index (χ0v) is 25.9. The standard InChI is InChI=1S/C26H25Cl2FN4O5S3/c1-26(2,16-5-9-23(20(28)10-16)41(31,36)37)24-13-32-25(33(24)17-6-8-21(29)22(11-17)38-3)39-14-15-4-7-18(12-19(15)27)40(30,34)35/h4-13H,14H2,1-3H3,(H2,30,34,35)(H2,31,36,37). The molecule has 0 aliphatic rings. The Morgan fingerprint density at radius 2 is 1.68 bits per heavy atom. The summed E-state index contributed by atoms with van der Waals surface area (Å²) in [7, 11) is -6.58. The van der Waals surface area contributed by atoms with Gasteiger partial charge in [-0.25, -0.2) is 36.5 Å². The van der Waals surface area contributed by atoms with Crippen LogP contribution in [0.3, 0.4) is 0 Å². The normalized spacial score (nSPS) is 12.5. The number of ether oxygens (including phenoxy) is 1. The summed E-state index contributed by atoms with van der Waals surface area (Å²) in [5.41, 5.74) is 1.74. The average Bonchev–Trinajstić information content (AvgIpc) is 3.31. The summed E-state index contributed by atoms with van der Waals surface area (Å²) < 4.78 is 68.5. The van der Waals surface area contributed by atoms with Crippen LogP contribution in [0, 0.1) is 5.82 Å². The largest absolute Gasteiger partial charge is 0.494 e. The molecular formula is C26H25Cl2FN4O5S3. The predicted molar refractivity (Wildman–Crippen MR) is 157 cm³/mol. The van der Waals surface area contributed by atoms with E-state index in [-0.39, 0.29) is 25.6 Å². The SMILES string of the molecule is COc1cc(-n2c(C(C)(C)c3ccc(S(N)(=O)=O)c(Cl)c3)cnc2SCc2ccc(S(N)(=O)=O)cc2Cl)ccc1F. The van der Waals surface area contributed by atoms with Crippen LogP contribution < -0.4 is 15.0 Å². The van der Waals surface area contributed by atoms with Crippen LogP contribution in [0.5, 0.6) is 5.75 Å². The highest BCUT2D eigenvalue weighted by atomic mass is 35.5. The molecule has 0 bridgehead atoms. The Kier molecular flexibility index (Phi) is 8.82. The van der Waals surface area contributed by atoms with E-state index in [1.54, 1.807) is 24.4 Å². The molecule has 0 saturated carbocycles. The summed E-state index contributed by atoms with van der Waals surface area (Å²) in [6.45, 7) is 3.81. The van der Waals surface area contributed by atoms with Crippen molar-refractivity contribution in [3.8, 4) is 11.4 Å².